The average molecular weight is 479 g/mol. The first-order valence-corrected chi connectivity index (χ1v) is 12.2. The molecule has 1 aliphatic heterocycles. The zero-order chi connectivity index (χ0) is 25.4. The van der Waals surface area contributed by atoms with E-state index in [1.54, 1.807) is 6.92 Å². The van der Waals surface area contributed by atoms with Gasteiger partial charge in [-0.15, -0.1) is 0 Å². The number of rotatable bonds is 6. The van der Waals surface area contributed by atoms with E-state index in [0.717, 1.165) is 22.3 Å². The van der Waals surface area contributed by atoms with Crippen LogP contribution in [0.5, 0.6) is 0 Å². The number of hydrogen-bond donors (Lipinski definition) is 2. The maximum Gasteiger partial charge on any atom is 0.407 e. The summed E-state index contributed by atoms with van der Waals surface area (Å²) in [6.45, 7) is 8.00. The van der Waals surface area contributed by atoms with Gasteiger partial charge in [-0.25, -0.2) is 9.59 Å². The van der Waals surface area contributed by atoms with Crippen LogP contribution in [0.1, 0.15) is 64.0 Å². The summed E-state index contributed by atoms with van der Waals surface area (Å²) < 4.78 is 5.68. The van der Waals surface area contributed by atoms with Gasteiger partial charge in [0.25, 0.3) is 0 Å². The van der Waals surface area contributed by atoms with Crippen molar-refractivity contribution in [1.29, 1.82) is 0 Å². The predicted molar refractivity (Wildman–Crippen MR) is 133 cm³/mol. The van der Waals surface area contributed by atoms with Gasteiger partial charge in [0, 0.05) is 24.9 Å². The Balaban J connectivity index is 1.43. The maximum atomic E-state index is 13.1. The summed E-state index contributed by atoms with van der Waals surface area (Å²) in [6.07, 6.45) is 0.501. The maximum absolute atomic E-state index is 13.1. The van der Waals surface area contributed by atoms with Crippen LogP contribution in [0, 0.1) is 5.41 Å². The third-order valence-corrected chi connectivity index (χ3v) is 7.46. The second-order valence-electron chi connectivity index (χ2n) is 10.8. The normalized spacial score (nSPS) is 20.2. The quantitative estimate of drug-likeness (QED) is 0.622. The van der Waals surface area contributed by atoms with E-state index in [1.165, 1.54) is 4.90 Å². The van der Waals surface area contributed by atoms with Gasteiger partial charge < -0.3 is 20.1 Å². The van der Waals surface area contributed by atoms with Crippen LogP contribution in [0.4, 0.5) is 4.79 Å². The van der Waals surface area contributed by atoms with E-state index in [4.69, 9.17) is 4.74 Å². The molecule has 0 aromatic heterocycles. The van der Waals surface area contributed by atoms with Crippen molar-refractivity contribution in [2.24, 2.45) is 5.41 Å². The summed E-state index contributed by atoms with van der Waals surface area (Å²) in [6, 6.07) is 15.8. The molecule has 0 radical (unpaired) electrons. The SMILES string of the molecule is CC(C)(C)C(CC(=O)N1CCC[C@]1(C)C(=O)O)NC(=O)OCC1c2ccccc2-c2ccccc21. The molecule has 1 aliphatic carbocycles. The number of nitrogens with zero attached hydrogens (tertiary/aromatic N) is 1. The van der Waals surface area contributed by atoms with Crippen molar-refractivity contribution in [3.63, 3.8) is 0 Å². The number of carboxylic acids is 1. The molecule has 1 heterocycles. The van der Waals surface area contributed by atoms with E-state index >= 15 is 0 Å². The van der Waals surface area contributed by atoms with Crippen LogP contribution in [0.2, 0.25) is 0 Å². The van der Waals surface area contributed by atoms with Gasteiger partial charge in [0.2, 0.25) is 5.91 Å². The lowest BCUT2D eigenvalue weighted by Crippen LogP contribution is -2.54. The minimum atomic E-state index is -1.21. The van der Waals surface area contributed by atoms with E-state index in [0.29, 0.717) is 19.4 Å². The molecule has 2 aromatic carbocycles. The molecule has 0 spiro atoms. The lowest BCUT2D eigenvalue weighted by atomic mass is 9.84. The summed E-state index contributed by atoms with van der Waals surface area (Å²) >= 11 is 0. The molecule has 7 heteroatoms. The van der Waals surface area contributed by atoms with Crippen molar-refractivity contribution in [2.75, 3.05) is 13.2 Å². The molecule has 1 unspecified atom stereocenters. The molecule has 2 atom stereocenters. The molecule has 1 saturated heterocycles. The van der Waals surface area contributed by atoms with Gasteiger partial charge in [-0.05, 0) is 47.4 Å². The van der Waals surface area contributed by atoms with Crippen molar-refractivity contribution in [3.05, 3.63) is 59.7 Å². The standard InChI is InChI=1S/C28H34N2O5/c1-27(2,3)23(16-24(31)30-15-9-14-28(30,4)25(32)33)29-26(34)35-17-22-20-12-7-5-10-18(20)19-11-6-8-13-21(19)22/h5-8,10-13,22-23H,9,14-17H2,1-4H3,(H,29,34)(H,32,33)/t23?,28-/m1/s1. The van der Waals surface area contributed by atoms with Gasteiger partial charge in [-0.3, -0.25) is 4.79 Å². The number of amides is 2. The Morgan fingerprint density at radius 1 is 1.09 bits per heavy atom. The summed E-state index contributed by atoms with van der Waals surface area (Å²) in [5.41, 5.74) is 2.94. The molecule has 35 heavy (non-hydrogen) atoms. The topological polar surface area (TPSA) is 95.9 Å². The number of aliphatic carboxylic acids is 1. The van der Waals surface area contributed by atoms with E-state index < -0.39 is 29.1 Å². The minimum absolute atomic E-state index is 0.0105. The number of ether oxygens (including phenoxy) is 1. The molecule has 2 amide bonds. The Morgan fingerprint density at radius 2 is 1.66 bits per heavy atom. The fourth-order valence-corrected chi connectivity index (χ4v) is 5.23. The van der Waals surface area contributed by atoms with Gasteiger partial charge >= 0.3 is 12.1 Å². The third kappa shape index (κ3) is 4.77. The second-order valence-corrected chi connectivity index (χ2v) is 10.8. The Kier molecular flexibility index (Phi) is 6.62. The number of carboxylic acid groups (broad SMARTS) is 1. The molecular weight excluding hydrogens is 444 g/mol. The Morgan fingerprint density at radius 3 is 2.20 bits per heavy atom. The summed E-state index contributed by atoms with van der Waals surface area (Å²) in [5.74, 6) is -1.32. The molecule has 0 saturated carbocycles. The fraction of sp³-hybridized carbons (Fsp3) is 0.464. The van der Waals surface area contributed by atoms with Crippen molar-refractivity contribution < 1.29 is 24.2 Å². The van der Waals surface area contributed by atoms with Crippen LogP contribution in [-0.4, -0.2) is 52.7 Å². The summed E-state index contributed by atoms with van der Waals surface area (Å²) in [7, 11) is 0. The van der Waals surface area contributed by atoms with Crippen molar-refractivity contribution >= 4 is 18.0 Å². The number of benzene rings is 2. The number of carbonyl (C=O) groups is 3. The smallest absolute Gasteiger partial charge is 0.407 e. The number of hydrogen-bond acceptors (Lipinski definition) is 4. The highest BCUT2D eigenvalue weighted by Gasteiger charge is 2.46. The van der Waals surface area contributed by atoms with Gasteiger partial charge in [-0.1, -0.05) is 69.3 Å². The number of carbonyl (C=O) groups excluding carboxylic acids is 2. The number of nitrogens with one attached hydrogen (secondary N) is 1. The molecule has 186 valence electrons. The number of fused-ring (bicyclic) bond motifs is 3. The van der Waals surface area contributed by atoms with E-state index in [9.17, 15) is 19.5 Å². The highest BCUT2D eigenvalue weighted by Crippen LogP contribution is 2.44. The number of likely N-dealkylation sites (tertiary alicyclic amines) is 1. The molecule has 1 fully saturated rings. The van der Waals surface area contributed by atoms with Gasteiger partial charge in [-0.2, -0.15) is 0 Å². The van der Waals surface area contributed by atoms with Crippen LogP contribution >= 0.6 is 0 Å². The fourth-order valence-electron chi connectivity index (χ4n) is 5.23. The third-order valence-electron chi connectivity index (χ3n) is 7.46. The van der Waals surface area contributed by atoms with Crippen molar-refractivity contribution in [2.45, 2.75) is 64.5 Å². The van der Waals surface area contributed by atoms with Crippen LogP contribution in [0.15, 0.2) is 48.5 Å². The Labute approximate surface area is 206 Å². The van der Waals surface area contributed by atoms with Gasteiger partial charge in [0.05, 0.1) is 0 Å². The zero-order valence-electron chi connectivity index (χ0n) is 20.8. The lowest BCUT2D eigenvalue weighted by Gasteiger charge is -2.35. The first-order chi connectivity index (χ1) is 16.5. The van der Waals surface area contributed by atoms with Gasteiger partial charge in [0.1, 0.15) is 12.1 Å². The molecule has 0 bridgehead atoms. The average Bonchev–Trinajstić information content (AvgIpc) is 3.36. The first kappa shape index (κ1) is 24.8. The number of alkyl carbamates (subject to hydrolysis) is 1. The monoisotopic (exact) mass is 478 g/mol. The first-order valence-electron chi connectivity index (χ1n) is 12.2. The molecule has 2 N–H and O–H groups in total. The van der Waals surface area contributed by atoms with Gasteiger partial charge in [0.15, 0.2) is 0 Å². The van der Waals surface area contributed by atoms with Crippen molar-refractivity contribution in [3.8, 4) is 11.1 Å². The molecule has 4 rings (SSSR count). The van der Waals surface area contributed by atoms with E-state index in [-0.39, 0.29) is 24.9 Å². The van der Waals surface area contributed by atoms with E-state index in [2.05, 4.69) is 29.6 Å². The van der Waals surface area contributed by atoms with Crippen LogP contribution in [-0.2, 0) is 14.3 Å². The molecule has 7 nitrogen and oxygen atoms in total. The Bertz CT molecular complexity index is 1090. The second kappa shape index (κ2) is 9.36. The Hall–Kier alpha value is -3.35. The largest absolute Gasteiger partial charge is 0.480 e. The van der Waals surface area contributed by atoms with Crippen molar-refractivity contribution in [1.82, 2.24) is 10.2 Å². The predicted octanol–water partition coefficient (Wildman–Crippen LogP) is 4.80. The summed E-state index contributed by atoms with van der Waals surface area (Å²) in [5, 5.41) is 12.5. The highest BCUT2D eigenvalue weighted by atomic mass is 16.5. The minimum Gasteiger partial charge on any atom is -0.480 e. The lowest BCUT2D eigenvalue weighted by molar-refractivity contribution is -0.155. The highest BCUT2D eigenvalue weighted by molar-refractivity contribution is 5.88. The molecule has 2 aliphatic rings. The zero-order valence-corrected chi connectivity index (χ0v) is 20.8. The van der Waals surface area contributed by atoms with Crippen LogP contribution in [0.25, 0.3) is 11.1 Å². The van der Waals surface area contributed by atoms with E-state index in [1.807, 2.05) is 45.0 Å². The van der Waals surface area contributed by atoms with Crippen LogP contribution < -0.4 is 5.32 Å². The molecular formula is C28H34N2O5. The molecule has 2 aromatic rings. The summed E-state index contributed by atoms with van der Waals surface area (Å²) in [4.78, 5) is 39.2. The van der Waals surface area contributed by atoms with Crippen LogP contribution in [0.3, 0.4) is 0 Å².